The molecular weight excluding hydrogens is 266 g/mol. The van der Waals surface area contributed by atoms with Gasteiger partial charge in [-0.3, -0.25) is 0 Å². The van der Waals surface area contributed by atoms with Crippen LogP contribution in [0.5, 0.6) is 0 Å². The SMILES string of the molecule is CC1(C)O[C@@H]([C@@H](N=[N+]=[N-])[C@H]2COC(C)(C)O2)[C@H](C=O)O1. The summed E-state index contributed by atoms with van der Waals surface area (Å²) < 4.78 is 22.3. The van der Waals surface area contributed by atoms with Crippen LogP contribution in [0.2, 0.25) is 0 Å². The van der Waals surface area contributed by atoms with Crippen molar-refractivity contribution in [1.29, 1.82) is 0 Å². The van der Waals surface area contributed by atoms with Crippen LogP contribution in [0.15, 0.2) is 5.11 Å². The largest absolute Gasteiger partial charge is 0.348 e. The van der Waals surface area contributed by atoms with Gasteiger partial charge in [0.15, 0.2) is 17.9 Å². The zero-order valence-electron chi connectivity index (χ0n) is 12.0. The molecule has 0 unspecified atom stereocenters. The van der Waals surface area contributed by atoms with Gasteiger partial charge >= 0.3 is 0 Å². The van der Waals surface area contributed by atoms with Crippen molar-refractivity contribution >= 4 is 6.29 Å². The van der Waals surface area contributed by atoms with Crippen LogP contribution < -0.4 is 0 Å². The van der Waals surface area contributed by atoms with Gasteiger partial charge in [0.25, 0.3) is 0 Å². The Bertz CT molecular complexity index is 433. The summed E-state index contributed by atoms with van der Waals surface area (Å²) in [5.74, 6) is -1.66. The standard InChI is InChI=1S/C12H19N3O5/c1-11(2)17-6-8(19-11)9(14-15-13)10-7(5-16)18-12(3,4)20-10/h5,7-10H,6H2,1-4H3/t7-,8+,9-,10+/m0/s1. The first kappa shape index (κ1) is 15.2. The summed E-state index contributed by atoms with van der Waals surface area (Å²) in [6.45, 7) is 7.21. The van der Waals surface area contributed by atoms with Gasteiger partial charge in [0.1, 0.15) is 12.2 Å². The minimum absolute atomic E-state index is 0.266. The fourth-order valence-corrected chi connectivity index (χ4v) is 2.48. The molecule has 0 aromatic heterocycles. The van der Waals surface area contributed by atoms with Gasteiger partial charge in [0, 0.05) is 4.91 Å². The van der Waals surface area contributed by atoms with E-state index in [9.17, 15) is 4.79 Å². The van der Waals surface area contributed by atoms with Crippen LogP contribution in [0.4, 0.5) is 0 Å². The minimum Gasteiger partial charge on any atom is -0.348 e. The van der Waals surface area contributed by atoms with Crippen LogP contribution in [0.3, 0.4) is 0 Å². The van der Waals surface area contributed by atoms with Crippen molar-refractivity contribution in [3.63, 3.8) is 0 Å². The van der Waals surface area contributed by atoms with Crippen LogP contribution >= 0.6 is 0 Å². The fraction of sp³-hybridized carbons (Fsp3) is 0.917. The predicted octanol–water partition coefficient (Wildman–Crippen LogP) is 1.54. The molecule has 0 spiro atoms. The monoisotopic (exact) mass is 285 g/mol. The summed E-state index contributed by atoms with van der Waals surface area (Å²) in [6, 6.07) is -0.696. The van der Waals surface area contributed by atoms with Gasteiger partial charge in [-0.1, -0.05) is 5.11 Å². The Labute approximate surface area is 116 Å². The van der Waals surface area contributed by atoms with E-state index in [4.69, 9.17) is 24.5 Å². The Kier molecular flexibility index (Phi) is 4.04. The van der Waals surface area contributed by atoms with E-state index in [2.05, 4.69) is 10.0 Å². The molecule has 2 aliphatic rings. The number of hydrogen-bond donors (Lipinski definition) is 0. The topological polar surface area (TPSA) is 103 Å². The molecule has 0 amide bonds. The molecule has 0 N–H and O–H groups in total. The van der Waals surface area contributed by atoms with Crippen LogP contribution in [0.1, 0.15) is 27.7 Å². The number of rotatable bonds is 4. The second kappa shape index (κ2) is 5.31. The number of azide groups is 1. The minimum atomic E-state index is -0.908. The fourth-order valence-electron chi connectivity index (χ4n) is 2.48. The highest BCUT2D eigenvalue weighted by Crippen LogP contribution is 2.35. The Balaban J connectivity index is 2.21. The molecule has 2 heterocycles. The number of carbonyl (C=O) groups is 1. The maximum Gasteiger partial charge on any atom is 0.164 e. The van der Waals surface area contributed by atoms with Gasteiger partial charge in [-0.15, -0.1) is 0 Å². The average molecular weight is 285 g/mol. The third-order valence-corrected chi connectivity index (χ3v) is 3.23. The third-order valence-electron chi connectivity index (χ3n) is 3.23. The normalized spacial score (nSPS) is 36.3. The van der Waals surface area contributed by atoms with Crippen molar-refractivity contribution in [1.82, 2.24) is 0 Å². The zero-order chi connectivity index (χ0) is 15.0. The van der Waals surface area contributed by atoms with Gasteiger partial charge in [0.05, 0.1) is 18.8 Å². The van der Waals surface area contributed by atoms with Crippen LogP contribution in [0, 0.1) is 0 Å². The smallest absolute Gasteiger partial charge is 0.164 e. The summed E-state index contributed by atoms with van der Waals surface area (Å²) in [5.41, 5.74) is 8.75. The lowest BCUT2D eigenvalue weighted by atomic mass is 10.0. The van der Waals surface area contributed by atoms with E-state index in [1.165, 1.54) is 0 Å². The number of ether oxygens (including phenoxy) is 4. The van der Waals surface area contributed by atoms with Gasteiger partial charge < -0.3 is 23.7 Å². The number of aldehydes is 1. The quantitative estimate of drug-likeness (QED) is 0.337. The summed E-state index contributed by atoms with van der Waals surface area (Å²) >= 11 is 0. The third kappa shape index (κ3) is 3.11. The van der Waals surface area contributed by atoms with E-state index in [1.807, 2.05) is 0 Å². The van der Waals surface area contributed by atoms with E-state index in [0.717, 1.165) is 0 Å². The van der Waals surface area contributed by atoms with Gasteiger partial charge in [0.2, 0.25) is 0 Å². The molecule has 2 rings (SSSR count). The van der Waals surface area contributed by atoms with Gasteiger partial charge in [-0.05, 0) is 33.2 Å². The van der Waals surface area contributed by atoms with Gasteiger partial charge in [-0.25, -0.2) is 0 Å². The molecule has 0 bridgehead atoms. The number of hydrogen-bond acceptors (Lipinski definition) is 6. The first-order valence-corrected chi connectivity index (χ1v) is 6.45. The highest BCUT2D eigenvalue weighted by Gasteiger charge is 2.50. The second-order valence-corrected chi connectivity index (χ2v) is 5.76. The molecule has 2 fully saturated rings. The molecule has 0 radical (unpaired) electrons. The summed E-state index contributed by atoms with van der Waals surface area (Å²) in [5, 5.41) is 3.73. The van der Waals surface area contributed by atoms with Gasteiger partial charge in [-0.2, -0.15) is 0 Å². The summed E-state index contributed by atoms with van der Waals surface area (Å²) in [6.07, 6.45) is -1.32. The molecule has 4 atom stereocenters. The van der Waals surface area contributed by atoms with Crippen molar-refractivity contribution in [2.75, 3.05) is 6.61 Å². The summed E-state index contributed by atoms with van der Waals surface area (Å²) in [4.78, 5) is 14.0. The molecule has 112 valence electrons. The van der Waals surface area contributed by atoms with E-state index < -0.39 is 35.9 Å². The van der Waals surface area contributed by atoms with Crippen LogP contribution in [0.25, 0.3) is 10.4 Å². The zero-order valence-corrected chi connectivity index (χ0v) is 12.0. The molecule has 0 saturated carbocycles. The van der Waals surface area contributed by atoms with Crippen molar-refractivity contribution in [2.45, 2.75) is 63.6 Å². The molecule has 8 heteroatoms. The molecule has 20 heavy (non-hydrogen) atoms. The van der Waals surface area contributed by atoms with E-state index >= 15 is 0 Å². The number of carbonyl (C=O) groups excluding carboxylic acids is 1. The molecule has 0 aromatic rings. The average Bonchev–Trinajstić information content (AvgIpc) is 2.85. The molecule has 2 aliphatic heterocycles. The molecular formula is C12H19N3O5. The lowest BCUT2D eigenvalue weighted by molar-refractivity contribution is -0.159. The van der Waals surface area contributed by atoms with E-state index in [0.29, 0.717) is 6.29 Å². The Morgan fingerprint density at radius 3 is 2.45 bits per heavy atom. The molecule has 8 nitrogen and oxygen atoms in total. The van der Waals surface area contributed by atoms with Crippen LogP contribution in [-0.2, 0) is 23.7 Å². The highest BCUT2D eigenvalue weighted by molar-refractivity contribution is 5.58. The van der Waals surface area contributed by atoms with E-state index in [-0.39, 0.29) is 6.61 Å². The van der Waals surface area contributed by atoms with Crippen molar-refractivity contribution in [3.05, 3.63) is 10.4 Å². The lowest BCUT2D eigenvalue weighted by Crippen LogP contribution is -2.44. The van der Waals surface area contributed by atoms with Crippen molar-refractivity contribution in [3.8, 4) is 0 Å². The summed E-state index contributed by atoms with van der Waals surface area (Å²) in [7, 11) is 0. The first-order chi connectivity index (χ1) is 9.28. The first-order valence-electron chi connectivity index (χ1n) is 6.45. The Morgan fingerprint density at radius 1 is 1.25 bits per heavy atom. The highest BCUT2D eigenvalue weighted by atomic mass is 16.8. The second-order valence-electron chi connectivity index (χ2n) is 5.76. The lowest BCUT2D eigenvalue weighted by Gasteiger charge is -2.26. The van der Waals surface area contributed by atoms with Crippen molar-refractivity contribution < 1.29 is 23.7 Å². The Hall–Kier alpha value is -1.18. The predicted molar refractivity (Wildman–Crippen MR) is 67.7 cm³/mol. The molecule has 2 saturated heterocycles. The molecule has 0 aromatic carbocycles. The van der Waals surface area contributed by atoms with E-state index in [1.54, 1.807) is 27.7 Å². The number of nitrogens with zero attached hydrogens (tertiary/aromatic N) is 3. The Morgan fingerprint density at radius 2 is 1.95 bits per heavy atom. The van der Waals surface area contributed by atoms with Crippen LogP contribution in [-0.4, -0.2) is 48.8 Å². The maximum absolute atomic E-state index is 11.1. The van der Waals surface area contributed by atoms with Crippen molar-refractivity contribution in [2.24, 2.45) is 5.11 Å². The maximum atomic E-state index is 11.1. The molecule has 0 aliphatic carbocycles.